The minimum absolute atomic E-state index is 0.356. The number of aryl methyl sites for hydroxylation is 1. The highest BCUT2D eigenvalue weighted by atomic mass is 32.1. The summed E-state index contributed by atoms with van der Waals surface area (Å²) in [6.07, 6.45) is 0. The Labute approximate surface area is 114 Å². The molecule has 1 aromatic heterocycles. The van der Waals surface area contributed by atoms with Crippen LogP contribution in [0, 0.1) is 18.3 Å². The maximum absolute atomic E-state index is 10.9. The predicted molar refractivity (Wildman–Crippen MR) is 74.5 cm³/mol. The van der Waals surface area contributed by atoms with E-state index in [2.05, 4.69) is 11.4 Å². The number of nitrogens with zero attached hydrogens (tertiary/aromatic N) is 1. The van der Waals surface area contributed by atoms with Gasteiger partial charge < -0.3 is 10.4 Å². The van der Waals surface area contributed by atoms with Crippen LogP contribution in [0.3, 0.4) is 0 Å². The van der Waals surface area contributed by atoms with Crippen LogP contribution in [0.4, 0.5) is 5.69 Å². The molecule has 2 rings (SSSR count). The number of carboxylic acids is 1. The van der Waals surface area contributed by atoms with Gasteiger partial charge in [0.2, 0.25) is 0 Å². The van der Waals surface area contributed by atoms with Gasteiger partial charge in [0.1, 0.15) is 4.88 Å². The molecule has 5 heteroatoms. The Morgan fingerprint density at radius 1 is 1.42 bits per heavy atom. The second-order valence-corrected chi connectivity index (χ2v) is 5.30. The number of nitrogens with one attached hydrogen (secondary N) is 1. The van der Waals surface area contributed by atoms with Gasteiger partial charge in [0.05, 0.1) is 11.6 Å². The number of carboxylic acid groups (broad SMARTS) is 1. The molecule has 2 N–H and O–H groups in total. The van der Waals surface area contributed by atoms with Crippen molar-refractivity contribution in [3.8, 4) is 6.07 Å². The molecule has 0 aliphatic rings. The van der Waals surface area contributed by atoms with E-state index < -0.39 is 5.97 Å². The molecule has 1 heterocycles. The fourth-order valence-corrected chi connectivity index (χ4v) is 2.54. The van der Waals surface area contributed by atoms with Crippen molar-refractivity contribution in [1.82, 2.24) is 0 Å². The highest BCUT2D eigenvalue weighted by Crippen LogP contribution is 2.22. The molecule has 0 atom stereocenters. The quantitative estimate of drug-likeness (QED) is 0.896. The van der Waals surface area contributed by atoms with Crippen LogP contribution in [0.2, 0.25) is 0 Å². The van der Waals surface area contributed by atoms with Gasteiger partial charge in [-0.3, -0.25) is 0 Å². The fourth-order valence-electron chi connectivity index (χ4n) is 1.66. The molecule has 0 bridgehead atoms. The summed E-state index contributed by atoms with van der Waals surface area (Å²) in [4.78, 5) is 12.2. The molecule has 0 aliphatic heterocycles. The molecule has 96 valence electrons. The number of hydrogen-bond acceptors (Lipinski definition) is 4. The number of aromatic carboxylic acids is 1. The monoisotopic (exact) mass is 272 g/mol. The lowest BCUT2D eigenvalue weighted by Gasteiger charge is -2.05. The third kappa shape index (κ3) is 3.12. The molecule has 0 unspecified atom stereocenters. The lowest BCUT2D eigenvalue weighted by Crippen LogP contribution is -1.99. The fraction of sp³-hybridized carbons (Fsp3) is 0.143. The summed E-state index contributed by atoms with van der Waals surface area (Å²) in [5.74, 6) is -0.891. The lowest BCUT2D eigenvalue weighted by molar-refractivity contribution is 0.0702. The van der Waals surface area contributed by atoms with Crippen molar-refractivity contribution >= 4 is 23.0 Å². The molecule has 0 amide bonds. The second kappa shape index (κ2) is 5.55. The van der Waals surface area contributed by atoms with E-state index in [1.54, 1.807) is 18.2 Å². The molecule has 0 fully saturated rings. The Kier molecular flexibility index (Phi) is 3.83. The van der Waals surface area contributed by atoms with Gasteiger partial charge in [-0.25, -0.2) is 4.79 Å². The molecule has 0 radical (unpaired) electrons. The average molecular weight is 272 g/mol. The van der Waals surface area contributed by atoms with Gasteiger partial charge in [-0.1, -0.05) is 0 Å². The van der Waals surface area contributed by atoms with E-state index in [0.29, 0.717) is 17.0 Å². The standard InChI is InChI=1S/C14H12N2O2S/c1-9-11(6-13(19-9)14(17)18)8-16-12-4-2-10(7-15)3-5-12/h2-6,16H,8H2,1H3,(H,17,18). The Morgan fingerprint density at radius 3 is 2.63 bits per heavy atom. The van der Waals surface area contributed by atoms with Crippen LogP contribution in [-0.4, -0.2) is 11.1 Å². The van der Waals surface area contributed by atoms with Crippen molar-refractivity contribution in [2.24, 2.45) is 0 Å². The van der Waals surface area contributed by atoms with Gasteiger partial charge >= 0.3 is 5.97 Å². The highest BCUT2D eigenvalue weighted by molar-refractivity contribution is 7.14. The SMILES string of the molecule is Cc1sc(C(=O)O)cc1CNc1ccc(C#N)cc1. The van der Waals surface area contributed by atoms with Crippen LogP contribution in [-0.2, 0) is 6.54 Å². The summed E-state index contributed by atoms with van der Waals surface area (Å²) in [7, 11) is 0. The first-order valence-corrected chi connectivity index (χ1v) is 6.48. The number of rotatable bonds is 4. The van der Waals surface area contributed by atoms with Crippen LogP contribution in [0.5, 0.6) is 0 Å². The van der Waals surface area contributed by atoms with Crippen LogP contribution in [0.25, 0.3) is 0 Å². The van der Waals surface area contributed by atoms with E-state index in [0.717, 1.165) is 16.1 Å². The summed E-state index contributed by atoms with van der Waals surface area (Å²) >= 11 is 1.28. The molecule has 0 aliphatic carbocycles. The summed E-state index contributed by atoms with van der Waals surface area (Å²) in [6.45, 7) is 2.48. The molecular weight excluding hydrogens is 260 g/mol. The van der Waals surface area contributed by atoms with E-state index in [9.17, 15) is 4.79 Å². The number of anilines is 1. The maximum Gasteiger partial charge on any atom is 0.345 e. The Balaban J connectivity index is 2.05. The number of hydrogen-bond donors (Lipinski definition) is 2. The average Bonchev–Trinajstić information content (AvgIpc) is 2.79. The third-order valence-electron chi connectivity index (χ3n) is 2.73. The van der Waals surface area contributed by atoms with Crippen LogP contribution in [0.15, 0.2) is 30.3 Å². The minimum Gasteiger partial charge on any atom is -0.477 e. The zero-order valence-corrected chi connectivity index (χ0v) is 11.1. The molecule has 0 saturated heterocycles. The zero-order valence-electron chi connectivity index (χ0n) is 10.3. The Morgan fingerprint density at radius 2 is 2.11 bits per heavy atom. The van der Waals surface area contributed by atoms with E-state index in [-0.39, 0.29) is 0 Å². The van der Waals surface area contributed by atoms with Gasteiger partial charge in [-0.2, -0.15) is 5.26 Å². The first kappa shape index (κ1) is 13.1. The first-order valence-electron chi connectivity index (χ1n) is 5.67. The number of benzene rings is 1. The van der Waals surface area contributed by atoms with Crippen molar-refractivity contribution in [3.63, 3.8) is 0 Å². The van der Waals surface area contributed by atoms with Gasteiger partial charge in [-0.15, -0.1) is 11.3 Å². The molecule has 0 saturated carbocycles. The summed E-state index contributed by atoms with van der Waals surface area (Å²) in [5, 5.41) is 20.8. The zero-order chi connectivity index (χ0) is 13.8. The van der Waals surface area contributed by atoms with Gasteiger partial charge in [-0.05, 0) is 42.8 Å². The molecular formula is C14H12N2O2S. The van der Waals surface area contributed by atoms with Crippen LogP contribution >= 0.6 is 11.3 Å². The lowest BCUT2D eigenvalue weighted by atomic mass is 10.2. The van der Waals surface area contributed by atoms with Gasteiger partial charge in [0, 0.05) is 17.1 Å². The van der Waals surface area contributed by atoms with E-state index in [4.69, 9.17) is 10.4 Å². The number of carbonyl (C=O) groups is 1. The van der Waals surface area contributed by atoms with Crippen molar-refractivity contribution in [2.45, 2.75) is 13.5 Å². The minimum atomic E-state index is -0.891. The summed E-state index contributed by atoms with van der Waals surface area (Å²) in [5.41, 5.74) is 2.50. The number of nitriles is 1. The first-order chi connectivity index (χ1) is 9.10. The van der Waals surface area contributed by atoms with Crippen LogP contribution < -0.4 is 5.32 Å². The molecule has 0 spiro atoms. The highest BCUT2D eigenvalue weighted by Gasteiger charge is 2.10. The second-order valence-electron chi connectivity index (χ2n) is 4.04. The Bertz CT molecular complexity index is 638. The largest absolute Gasteiger partial charge is 0.477 e. The van der Waals surface area contributed by atoms with Crippen molar-refractivity contribution in [3.05, 3.63) is 51.2 Å². The van der Waals surface area contributed by atoms with Crippen LogP contribution in [0.1, 0.15) is 25.7 Å². The van der Waals surface area contributed by atoms with Gasteiger partial charge in [0.25, 0.3) is 0 Å². The van der Waals surface area contributed by atoms with E-state index >= 15 is 0 Å². The predicted octanol–water partition coefficient (Wildman–Crippen LogP) is 3.24. The topological polar surface area (TPSA) is 73.1 Å². The van der Waals surface area contributed by atoms with Crippen molar-refractivity contribution < 1.29 is 9.90 Å². The van der Waals surface area contributed by atoms with E-state index in [1.807, 2.05) is 19.1 Å². The smallest absolute Gasteiger partial charge is 0.345 e. The summed E-state index contributed by atoms with van der Waals surface area (Å²) in [6, 6.07) is 10.9. The normalized spacial score (nSPS) is 9.89. The van der Waals surface area contributed by atoms with Crippen molar-refractivity contribution in [1.29, 1.82) is 5.26 Å². The molecule has 2 aromatic rings. The Hall–Kier alpha value is -2.32. The van der Waals surface area contributed by atoms with Gasteiger partial charge in [0.15, 0.2) is 0 Å². The number of thiophene rings is 1. The maximum atomic E-state index is 10.9. The van der Waals surface area contributed by atoms with E-state index in [1.165, 1.54) is 11.3 Å². The molecule has 19 heavy (non-hydrogen) atoms. The summed E-state index contributed by atoms with van der Waals surface area (Å²) < 4.78 is 0. The third-order valence-corrected chi connectivity index (χ3v) is 3.81. The van der Waals surface area contributed by atoms with Crippen molar-refractivity contribution in [2.75, 3.05) is 5.32 Å². The molecule has 4 nitrogen and oxygen atoms in total. The molecule has 1 aromatic carbocycles.